The summed E-state index contributed by atoms with van der Waals surface area (Å²) in [6, 6.07) is 11.1. The van der Waals surface area contributed by atoms with Gasteiger partial charge in [0.05, 0.1) is 6.61 Å². The van der Waals surface area contributed by atoms with Crippen molar-refractivity contribution in [3.63, 3.8) is 0 Å². The van der Waals surface area contributed by atoms with Crippen LogP contribution in [0.25, 0.3) is 0 Å². The molecule has 3 heterocycles. The molecule has 1 unspecified atom stereocenters. The van der Waals surface area contributed by atoms with Crippen molar-refractivity contribution in [3.8, 4) is 5.75 Å². The van der Waals surface area contributed by atoms with Gasteiger partial charge in [-0.05, 0) is 69.3 Å². The zero-order chi connectivity index (χ0) is 18.5. The molecule has 0 aromatic heterocycles. The van der Waals surface area contributed by atoms with E-state index < -0.39 is 0 Å². The Bertz CT molecular complexity index is 565. The number of piperidine rings is 1. The molecule has 150 valence electrons. The van der Waals surface area contributed by atoms with Crippen molar-refractivity contribution in [1.82, 2.24) is 9.80 Å². The van der Waals surface area contributed by atoms with Gasteiger partial charge in [-0.2, -0.15) is 0 Å². The summed E-state index contributed by atoms with van der Waals surface area (Å²) in [6.45, 7) is 11.2. The Labute approximate surface area is 164 Å². The predicted octanol–water partition coefficient (Wildman–Crippen LogP) is 3.67. The Morgan fingerprint density at radius 3 is 2.56 bits per heavy atom. The fourth-order valence-corrected chi connectivity index (χ4v) is 5.46. The summed E-state index contributed by atoms with van der Waals surface area (Å²) in [5, 5.41) is 0. The summed E-state index contributed by atoms with van der Waals surface area (Å²) in [7, 11) is 0. The van der Waals surface area contributed by atoms with Gasteiger partial charge in [0.1, 0.15) is 5.75 Å². The average Bonchev–Trinajstić information content (AvgIpc) is 3.06. The smallest absolute Gasteiger partial charge is 0.119 e. The lowest BCUT2D eigenvalue weighted by molar-refractivity contribution is -0.0110. The van der Waals surface area contributed by atoms with Gasteiger partial charge in [0.25, 0.3) is 0 Å². The molecule has 1 atom stereocenters. The summed E-state index contributed by atoms with van der Waals surface area (Å²) in [4.78, 5) is 5.46. The molecule has 3 fully saturated rings. The van der Waals surface area contributed by atoms with E-state index in [1.54, 1.807) is 0 Å². The third-order valence-electron chi connectivity index (χ3n) is 7.14. The van der Waals surface area contributed by atoms with E-state index in [9.17, 15) is 0 Å². The van der Waals surface area contributed by atoms with Crippen molar-refractivity contribution in [3.05, 3.63) is 30.3 Å². The fraction of sp³-hybridized carbons (Fsp3) is 0.739. The highest BCUT2D eigenvalue weighted by Gasteiger charge is 2.49. The van der Waals surface area contributed by atoms with E-state index in [-0.39, 0.29) is 0 Å². The van der Waals surface area contributed by atoms with Gasteiger partial charge in [0.15, 0.2) is 0 Å². The Hall–Kier alpha value is -1.10. The molecule has 3 saturated heterocycles. The molecular weight excluding hydrogens is 336 g/mol. The maximum atomic E-state index is 6.23. The maximum absolute atomic E-state index is 6.23. The number of likely N-dealkylation sites (tertiary alicyclic amines) is 2. The van der Waals surface area contributed by atoms with Crippen LogP contribution in [-0.4, -0.2) is 68.4 Å². The third kappa shape index (κ3) is 4.49. The molecule has 0 amide bonds. The first-order valence-corrected chi connectivity index (χ1v) is 11.0. The van der Waals surface area contributed by atoms with Crippen molar-refractivity contribution in [2.45, 2.75) is 45.1 Å². The monoisotopic (exact) mass is 372 g/mol. The molecular formula is C23H36N2O2. The molecule has 4 rings (SSSR count). The predicted molar refractivity (Wildman–Crippen MR) is 109 cm³/mol. The molecule has 27 heavy (non-hydrogen) atoms. The normalized spacial score (nSPS) is 27.2. The van der Waals surface area contributed by atoms with Crippen LogP contribution < -0.4 is 4.74 Å². The molecule has 4 heteroatoms. The highest BCUT2D eigenvalue weighted by Crippen LogP contribution is 2.45. The Kier molecular flexibility index (Phi) is 6.36. The summed E-state index contributed by atoms with van der Waals surface area (Å²) >= 11 is 0. The number of para-hydroxylation sites is 1. The Morgan fingerprint density at radius 1 is 1.11 bits per heavy atom. The number of benzene rings is 1. The molecule has 0 bridgehead atoms. The van der Waals surface area contributed by atoms with Gasteiger partial charge >= 0.3 is 0 Å². The van der Waals surface area contributed by atoms with E-state index in [1.807, 2.05) is 0 Å². The van der Waals surface area contributed by atoms with Crippen molar-refractivity contribution < 1.29 is 9.47 Å². The van der Waals surface area contributed by atoms with Crippen molar-refractivity contribution in [1.29, 1.82) is 0 Å². The number of rotatable bonds is 6. The number of ether oxygens (including phenoxy) is 2. The van der Waals surface area contributed by atoms with Crippen molar-refractivity contribution in [2.75, 3.05) is 52.5 Å². The molecule has 1 aromatic rings. The third-order valence-corrected chi connectivity index (χ3v) is 7.14. The quantitative estimate of drug-likeness (QED) is 0.761. The first kappa shape index (κ1) is 19.2. The second-order valence-electron chi connectivity index (χ2n) is 8.80. The van der Waals surface area contributed by atoms with Crippen LogP contribution >= 0.6 is 0 Å². The molecule has 3 aliphatic rings. The standard InChI is InChI=1S/C23H36N2O2/c1-2-12-24-13-8-21(9-14-24)25-17-20(18-27-22-6-4-3-5-7-22)23(19-25)10-15-26-16-11-23/h3-7,20-21H,2,8-19H2,1H3. The minimum absolute atomic E-state index is 0.396. The van der Waals surface area contributed by atoms with E-state index in [2.05, 4.69) is 47.1 Å². The van der Waals surface area contributed by atoms with Gasteiger partial charge < -0.3 is 14.4 Å². The van der Waals surface area contributed by atoms with Gasteiger partial charge in [0, 0.05) is 38.3 Å². The van der Waals surface area contributed by atoms with Gasteiger partial charge in [-0.3, -0.25) is 4.90 Å². The first-order chi connectivity index (χ1) is 13.3. The van der Waals surface area contributed by atoms with Crippen LogP contribution in [0.2, 0.25) is 0 Å². The highest BCUT2D eigenvalue weighted by molar-refractivity contribution is 5.21. The molecule has 0 radical (unpaired) electrons. The fourth-order valence-electron chi connectivity index (χ4n) is 5.46. The number of nitrogens with zero attached hydrogens (tertiary/aromatic N) is 2. The number of hydrogen-bond donors (Lipinski definition) is 0. The van der Waals surface area contributed by atoms with Crippen LogP contribution in [0.1, 0.15) is 39.0 Å². The molecule has 0 N–H and O–H groups in total. The van der Waals surface area contributed by atoms with E-state index in [1.165, 1.54) is 64.8 Å². The van der Waals surface area contributed by atoms with E-state index >= 15 is 0 Å². The zero-order valence-electron chi connectivity index (χ0n) is 16.9. The summed E-state index contributed by atoms with van der Waals surface area (Å²) in [5.41, 5.74) is 0.396. The van der Waals surface area contributed by atoms with Crippen LogP contribution in [0.4, 0.5) is 0 Å². The number of hydrogen-bond acceptors (Lipinski definition) is 4. The Balaban J connectivity index is 1.39. The van der Waals surface area contributed by atoms with Crippen LogP contribution in [0, 0.1) is 11.3 Å². The van der Waals surface area contributed by atoms with Crippen LogP contribution in [0.15, 0.2) is 30.3 Å². The van der Waals surface area contributed by atoms with E-state index in [4.69, 9.17) is 9.47 Å². The lowest BCUT2D eigenvalue weighted by atomic mass is 9.72. The van der Waals surface area contributed by atoms with Gasteiger partial charge in [0.2, 0.25) is 0 Å². The minimum Gasteiger partial charge on any atom is -0.493 e. The molecule has 0 aliphatic carbocycles. The highest BCUT2D eigenvalue weighted by atomic mass is 16.5. The summed E-state index contributed by atoms with van der Waals surface area (Å²) in [6.07, 6.45) is 6.33. The summed E-state index contributed by atoms with van der Waals surface area (Å²) < 4.78 is 11.9. The minimum atomic E-state index is 0.396. The second-order valence-corrected chi connectivity index (χ2v) is 8.80. The van der Waals surface area contributed by atoms with Crippen molar-refractivity contribution in [2.24, 2.45) is 11.3 Å². The van der Waals surface area contributed by atoms with Gasteiger partial charge in [-0.1, -0.05) is 25.1 Å². The van der Waals surface area contributed by atoms with Gasteiger partial charge in [-0.15, -0.1) is 0 Å². The largest absolute Gasteiger partial charge is 0.493 e. The van der Waals surface area contributed by atoms with Crippen LogP contribution in [0.5, 0.6) is 5.75 Å². The lowest BCUT2D eigenvalue weighted by Gasteiger charge is -2.39. The lowest BCUT2D eigenvalue weighted by Crippen LogP contribution is -2.45. The first-order valence-electron chi connectivity index (χ1n) is 11.0. The molecule has 1 aromatic carbocycles. The van der Waals surface area contributed by atoms with E-state index in [0.29, 0.717) is 11.3 Å². The molecule has 1 spiro atoms. The van der Waals surface area contributed by atoms with Crippen LogP contribution in [-0.2, 0) is 4.74 Å². The SMILES string of the molecule is CCCN1CCC(N2CC(COc3ccccc3)C3(CCOCC3)C2)CC1. The van der Waals surface area contributed by atoms with Crippen molar-refractivity contribution >= 4 is 0 Å². The van der Waals surface area contributed by atoms with E-state index in [0.717, 1.165) is 31.6 Å². The molecule has 0 saturated carbocycles. The van der Waals surface area contributed by atoms with Crippen LogP contribution in [0.3, 0.4) is 0 Å². The average molecular weight is 373 g/mol. The molecule has 3 aliphatic heterocycles. The second kappa shape index (κ2) is 8.93. The topological polar surface area (TPSA) is 24.9 Å². The Morgan fingerprint density at radius 2 is 1.85 bits per heavy atom. The molecule has 4 nitrogen and oxygen atoms in total. The zero-order valence-corrected chi connectivity index (χ0v) is 16.9. The maximum Gasteiger partial charge on any atom is 0.119 e. The van der Waals surface area contributed by atoms with Gasteiger partial charge in [-0.25, -0.2) is 0 Å². The summed E-state index contributed by atoms with van der Waals surface area (Å²) in [5.74, 6) is 1.63.